The Labute approximate surface area is 181 Å². The molecule has 4 N–H and O–H groups in total. The quantitative estimate of drug-likeness (QED) is 0.555. The molecule has 29 heavy (non-hydrogen) atoms. The summed E-state index contributed by atoms with van der Waals surface area (Å²) in [5.74, 6) is -1.70. The summed E-state index contributed by atoms with van der Waals surface area (Å²) >= 11 is 18.1. The standard InChI is InChI=1S/C17H15Cl3N2O6S/c1-8(10-3-5-12(16(20)15(10)19)28-7-14(23)24)22-17(25)9-2-4-11(18)13(6-9)29(21,26)27/h2-6,8H,7H2,1H3,(H,22,25)(H,23,24)(H2,21,26,27)/t8-/m0/s1. The average molecular weight is 482 g/mol. The number of carbonyl (C=O) groups excluding carboxylic acids is 1. The molecular formula is C17H15Cl3N2O6S. The van der Waals surface area contributed by atoms with Gasteiger partial charge in [-0.1, -0.05) is 40.9 Å². The van der Waals surface area contributed by atoms with Crippen LogP contribution in [0.2, 0.25) is 15.1 Å². The second-order valence-corrected chi connectivity index (χ2v) is 8.54. The summed E-state index contributed by atoms with van der Waals surface area (Å²) in [7, 11) is -4.11. The summed E-state index contributed by atoms with van der Waals surface area (Å²) in [6, 6.07) is 5.98. The van der Waals surface area contributed by atoms with Crippen LogP contribution in [0, 0.1) is 0 Å². The summed E-state index contributed by atoms with van der Waals surface area (Å²) in [5, 5.41) is 16.4. The number of carboxylic acid groups (broad SMARTS) is 1. The number of hydrogen-bond donors (Lipinski definition) is 3. The first kappa shape index (κ1) is 23.2. The van der Waals surface area contributed by atoms with Gasteiger partial charge in [0, 0.05) is 5.56 Å². The maximum absolute atomic E-state index is 12.5. The van der Waals surface area contributed by atoms with Crippen molar-refractivity contribution in [1.82, 2.24) is 5.32 Å². The van der Waals surface area contributed by atoms with E-state index in [4.69, 9.17) is 49.8 Å². The maximum atomic E-state index is 12.5. The second-order valence-electron chi connectivity index (χ2n) is 5.85. The fraction of sp³-hybridized carbons (Fsp3) is 0.176. The smallest absolute Gasteiger partial charge is 0.341 e. The lowest BCUT2D eigenvalue weighted by Gasteiger charge is -2.18. The molecule has 156 valence electrons. The van der Waals surface area contributed by atoms with Crippen LogP contribution in [0.15, 0.2) is 35.2 Å². The molecule has 0 saturated heterocycles. The predicted octanol–water partition coefficient (Wildman–Crippen LogP) is 3.25. The molecule has 12 heteroatoms. The van der Waals surface area contributed by atoms with Gasteiger partial charge in [-0.3, -0.25) is 4.79 Å². The zero-order valence-electron chi connectivity index (χ0n) is 14.8. The highest BCUT2D eigenvalue weighted by atomic mass is 35.5. The molecule has 8 nitrogen and oxygen atoms in total. The van der Waals surface area contributed by atoms with Crippen molar-refractivity contribution in [3.8, 4) is 5.75 Å². The Balaban J connectivity index is 2.24. The Morgan fingerprint density at radius 3 is 2.41 bits per heavy atom. The van der Waals surface area contributed by atoms with Gasteiger partial charge in [0.1, 0.15) is 15.7 Å². The molecular weight excluding hydrogens is 467 g/mol. The van der Waals surface area contributed by atoms with Crippen molar-refractivity contribution in [2.45, 2.75) is 17.9 Å². The molecule has 1 atom stereocenters. The molecule has 2 aromatic carbocycles. The molecule has 0 aliphatic carbocycles. The number of primary sulfonamides is 1. The molecule has 0 saturated carbocycles. The van der Waals surface area contributed by atoms with E-state index in [0.29, 0.717) is 5.56 Å². The Bertz CT molecular complexity index is 1080. The van der Waals surface area contributed by atoms with Gasteiger partial charge in [-0.2, -0.15) is 0 Å². The number of ether oxygens (including phenoxy) is 1. The molecule has 2 aromatic rings. The van der Waals surface area contributed by atoms with Gasteiger partial charge in [-0.05, 0) is 36.8 Å². The van der Waals surface area contributed by atoms with Crippen LogP contribution < -0.4 is 15.2 Å². The first-order valence-corrected chi connectivity index (χ1v) is 10.6. The largest absolute Gasteiger partial charge is 0.480 e. The number of aliphatic carboxylic acids is 1. The highest BCUT2D eigenvalue weighted by Gasteiger charge is 2.20. The van der Waals surface area contributed by atoms with Crippen molar-refractivity contribution in [2.24, 2.45) is 5.14 Å². The van der Waals surface area contributed by atoms with Crippen LogP contribution >= 0.6 is 34.8 Å². The lowest BCUT2D eigenvalue weighted by Crippen LogP contribution is -2.27. The molecule has 0 aromatic heterocycles. The Kier molecular flexibility index (Phi) is 7.36. The number of rotatable bonds is 7. The number of halogens is 3. The highest BCUT2D eigenvalue weighted by molar-refractivity contribution is 7.89. The van der Waals surface area contributed by atoms with Gasteiger partial charge >= 0.3 is 5.97 Å². The van der Waals surface area contributed by atoms with E-state index < -0.39 is 34.5 Å². The number of hydrogen-bond acceptors (Lipinski definition) is 5. The van der Waals surface area contributed by atoms with Gasteiger partial charge in [-0.15, -0.1) is 0 Å². The minimum atomic E-state index is -4.11. The number of nitrogens with two attached hydrogens (primary N) is 1. The molecule has 1 amide bonds. The summed E-state index contributed by atoms with van der Waals surface area (Å²) in [5.41, 5.74) is 0.460. The molecule has 0 radical (unpaired) electrons. The van der Waals surface area contributed by atoms with Crippen molar-refractivity contribution in [1.29, 1.82) is 0 Å². The van der Waals surface area contributed by atoms with Crippen molar-refractivity contribution < 1.29 is 27.9 Å². The van der Waals surface area contributed by atoms with E-state index in [1.54, 1.807) is 6.92 Å². The van der Waals surface area contributed by atoms with E-state index in [9.17, 15) is 18.0 Å². The van der Waals surface area contributed by atoms with Crippen LogP contribution in [0.1, 0.15) is 28.9 Å². The molecule has 0 heterocycles. The second kappa shape index (κ2) is 9.19. The Morgan fingerprint density at radius 1 is 1.17 bits per heavy atom. The van der Waals surface area contributed by atoms with E-state index in [0.717, 1.165) is 6.07 Å². The first-order valence-electron chi connectivity index (χ1n) is 7.87. The third-order valence-corrected chi connectivity index (χ3v) is 6.01. The van der Waals surface area contributed by atoms with E-state index in [1.165, 1.54) is 24.3 Å². The molecule has 0 unspecified atom stereocenters. The van der Waals surface area contributed by atoms with Crippen molar-refractivity contribution in [2.75, 3.05) is 6.61 Å². The maximum Gasteiger partial charge on any atom is 0.341 e. The third-order valence-electron chi connectivity index (χ3n) is 3.74. The fourth-order valence-corrected chi connectivity index (χ4v) is 3.97. The van der Waals surface area contributed by atoms with E-state index in [1.807, 2.05) is 0 Å². The first-order chi connectivity index (χ1) is 13.4. The van der Waals surface area contributed by atoms with Gasteiger partial charge in [0.15, 0.2) is 6.61 Å². The number of amides is 1. The number of benzene rings is 2. The average Bonchev–Trinajstić information content (AvgIpc) is 2.62. The number of carboxylic acids is 1. The van der Waals surface area contributed by atoms with Crippen LogP contribution in [0.25, 0.3) is 0 Å². The van der Waals surface area contributed by atoms with Crippen molar-refractivity contribution in [3.63, 3.8) is 0 Å². The number of sulfonamides is 1. The highest BCUT2D eigenvalue weighted by Crippen LogP contribution is 2.37. The molecule has 0 spiro atoms. The fourth-order valence-electron chi connectivity index (χ4n) is 2.35. The predicted molar refractivity (Wildman–Crippen MR) is 108 cm³/mol. The molecule has 0 fully saturated rings. The lowest BCUT2D eigenvalue weighted by molar-refractivity contribution is -0.139. The summed E-state index contributed by atoms with van der Waals surface area (Å²) in [6.45, 7) is 1.04. The molecule has 0 bridgehead atoms. The lowest BCUT2D eigenvalue weighted by atomic mass is 10.1. The molecule has 0 aliphatic heterocycles. The van der Waals surface area contributed by atoms with Crippen LogP contribution in [0.5, 0.6) is 5.75 Å². The molecule has 2 rings (SSSR count). The van der Waals surface area contributed by atoms with E-state index in [2.05, 4.69) is 5.32 Å². The summed E-state index contributed by atoms with van der Waals surface area (Å²) in [4.78, 5) is 22.7. The van der Waals surface area contributed by atoms with Crippen LogP contribution in [0.4, 0.5) is 0 Å². The van der Waals surface area contributed by atoms with Crippen LogP contribution in [-0.2, 0) is 14.8 Å². The minimum absolute atomic E-state index is 0.00507. The zero-order chi connectivity index (χ0) is 21.9. The zero-order valence-corrected chi connectivity index (χ0v) is 17.9. The van der Waals surface area contributed by atoms with Crippen LogP contribution in [0.3, 0.4) is 0 Å². The number of nitrogens with one attached hydrogen (secondary N) is 1. The minimum Gasteiger partial charge on any atom is -0.480 e. The molecule has 0 aliphatic rings. The third kappa shape index (κ3) is 5.74. The van der Waals surface area contributed by atoms with Gasteiger partial charge in [0.05, 0.1) is 16.1 Å². The summed E-state index contributed by atoms with van der Waals surface area (Å²) < 4.78 is 28.2. The van der Waals surface area contributed by atoms with Crippen LogP contribution in [-0.4, -0.2) is 32.0 Å². The SMILES string of the molecule is C[C@H](NC(=O)c1ccc(Cl)c(S(N)(=O)=O)c1)c1ccc(OCC(=O)O)c(Cl)c1Cl. The van der Waals surface area contributed by atoms with Gasteiger partial charge in [0.25, 0.3) is 5.91 Å². The number of carbonyl (C=O) groups is 2. The van der Waals surface area contributed by atoms with Gasteiger partial charge in [-0.25, -0.2) is 18.4 Å². The Morgan fingerprint density at radius 2 is 1.83 bits per heavy atom. The van der Waals surface area contributed by atoms with Crippen molar-refractivity contribution in [3.05, 3.63) is 56.5 Å². The topological polar surface area (TPSA) is 136 Å². The van der Waals surface area contributed by atoms with Gasteiger partial charge in [0.2, 0.25) is 10.0 Å². The van der Waals surface area contributed by atoms with Gasteiger partial charge < -0.3 is 15.2 Å². The summed E-state index contributed by atoms with van der Waals surface area (Å²) in [6.07, 6.45) is 0. The monoisotopic (exact) mass is 480 g/mol. The Hall–Kier alpha value is -2.04. The van der Waals surface area contributed by atoms with Crippen molar-refractivity contribution >= 4 is 56.7 Å². The van der Waals surface area contributed by atoms with E-state index in [-0.39, 0.29) is 31.3 Å². The normalized spacial score (nSPS) is 12.3. The van der Waals surface area contributed by atoms with E-state index >= 15 is 0 Å².